The molecule has 21 heavy (non-hydrogen) atoms. The van der Waals surface area contributed by atoms with Gasteiger partial charge in [0.25, 0.3) is 0 Å². The number of carbonyl (C=O) groups is 1. The van der Waals surface area contributed by atoms with Crippen LogP contribution in [0, 0.1) is 0 Å². The zero-order valence-electron chi connectivity index (χ0n) is 13.2. The maximum atomic E-state index is 12.1. The standard InChI is InChI=1S/C19H25NO/c1-3-11-20(12-4-2)16-8-9-17-15(13-16)6-5-14-7-10-18(21)19(14)17/h5-7,10,16H,3-4,8-9,11-13H2,1-2H3/t16-/m0/s1. The first kappa shape index (κ1) is 14.5. The number of nitrogens with zero attached hydrogens (tertiary/aromatic N) is 1. The Hall–Kier alpha value is -1.41. The lowest BCUT2D eigenvalue weighted by Gasteiger charge is -2.35. The molecule has 3 rings (SSSR count). The summed E-state index contributed by atoms with van der Waals surface area (Å²) in [6, 6.07) is 5.03. The molecule has 0 aliphatic heterocycles. The molecule has 0 fully saturated rings. The first-order valence-corrected chi connectivity index (χ1v) is 8.35. The van der Waals surface area contributed by atoms with Crippen LogP contribution < -0.4 is 0 Å². The van der Waals surface area contributed by atoms with Crippen LogP contribution in [0.1, 0.15) is 60.2 Å². The van der Waals surface area contributed by atoms with E-state index >= 15 is 0 Å². The lowest BCUT2D eigenvalue weighted by atomic mass is 9.83. The lowest BCUT2D eigenvalue weighted by Crippen LogP contribution is -2.40. The van der Waals surface area contributed by atoms with Crippen molar-refractivity contribution in [3.05, 3.63) is 40.5 Å². The van der Waals surface area contributed by atoms with Gasteiger partial charge in [0.15, 0.2) is 5.78 Å². The van der Waals surface area contributed by atoms with Crippen molar-refractivity contribution in [3.8, 4) is 0 Å². The summed E-state index contributed by atoms with van der Waals surface area (Å²) in [4.78, 5) is 14.7. The predicted octanol–water partition coefficient (Wildman–Crippen LogP) is 3.88. The summed E-state index contributed by atoms with van der Waals surface area (Å²) < 4.78 is 0. The molecule has 0 bridgehead atoms. The summed E-state index contributed by atoms with van der Waals surface area (Å²) in [5.74, 6) is 0.208. The van der Waals surface area contributed by atoms with Crippen LogP contribution in [0.2, 0.25) is 0 Å². The van der Waals surface area contributed by atoms with Crippen LogP contribution in [0.4, 0.5) is 0 Å². The number of allylic oxidation sites excluding steroid dienone is 1. The van der Waals surface area contributed by atoms with Gasteiger partial charge in [0.2, 0.25) is 0 Å². The van der Waals surface area contributed by atoms with Gasteiger partial charge in [0.05, 0.1) is 0 Å². The molecular formula is C19H25NO. The van der Waals surface area contributed by atoms with Gasteiger partial charge in [0.1, 0.15) is 0 Å². The van der Waals surface area contributed by atoms with Gasteiger partial charge in [-0.2, -0.15) is 0 Å². The van der Waals surface area contributed by atoms with E-state index in [1.54, 1.807) is 6.08 Å². The third kappa shape index (κ3) is 2.69. The molecule has 0 N–H and O–H groups in total. The molecule has 0 radical (unpaired) electrons. The second-order valence-corrected chi connectivity index (χ2v) is 6.30. The number of rotatable bonds is 5. The number of hydrogen-bond donors (Lipinski definition) is 0. The number of carbonyl (C=O) groups excluding carboxylic acids is 1. The van der Waals surface area contributed by atoms with Gasteiger partial charge in [-0.05, 0) is 68.0 Å². The van der Waals surface area contributed by atoms with E-state index in [4.69, 9.17) is 0 Å². The number of fused-ring (bicyclic) bond motifs is 3. The van der Waals surface area contributed by atoms with E-state index in [9.17, 15) is 4.79 Å². The molecule has 1 aromatic carbocycles. The Morgan fingerprint density at radius 3 is 2.62 bits per heavy atom. The van der Waals surface area contributed by atoms with Crippen LogP contribution in [0.3, 0.4) is 0 Å². The fourth-order valence-electron chi connectivity index (χ4n) is 3.89. The van der Waals surface area contributed by atoms with Crippen LogP contribution in [0.25, 0.3) is 6.08 Å². The molecule has 2 heteroatoms. The Labute approximate surface area is 127 Å². The van der Waals surface area contributed by atoms with E-state index in [2.05, 4.69) is 30.9 Å². The van der Waals surface area contributed by atoms with Crippen LogP contribution in [-0.4, -0.2) is 29.8 Å². The average Bonchev–Trinajstić information content (AvgIpc) is 2.88. The highest BCUT2D eigenvalue weighted by Crippen LogP contribution is 2.32. The van der Waals surface area contributed by atoms with Crippen molar-refractivity contribution in [2.24, 2.45) is 0 Å². The van der Waals surface area contributed by atoms with Crippen molar-refractivity contribution in [1.29, 1.82) is 0 Å². The van der Waals surface area contributed by atoms with Crippen LogP contribution in [-0.2, 0) is 12.8 Å². The van der Waals surface area contributed by atoms with E-state index in [1.165, 1.54) is 43.5 Å². The number of hydrogen-bond acceptors (Lipinski definition) is 2. The highest BCUT2D eigenvalue weighted by molar-refractivity contribution is 6.14. The van der Waals surface area contributed by atoms with Crippen LogP contribution >= 0.6 is 0 Å². The summed E-state index contributed by atoms with van der Waals surface area (Å²) in [6.45, 7) is 6.91. The van der Waals surface area contributed by atoms with Gasteiger partial charge in [-0.1, -0.05) is 32.1 Å². The summed E-state index contributed by atoms with van der Waals surface area (Å²) in [7, 11) is 0. The minimum absolute atomic E-state index is 0.208. The molecule has 0 saturated heterocycles. The highest BCUT2D eigenvalue weighted by Gasteiger charge is 2.28. The maximum absolute atomic E-state index is 12.1. The third-order valence-corrected chi connectivity index (χ3v) is 4.82. The van der Waals surface area contributed by atoms with E-state index in [0.29, 0.717) is 6.04 Å². The molecule has 2 aliphatic rings. The fourth-order valence-corrected chi connectivity index (χ4v) is 3.89. The van der Waals surface area contributed by atoms with Crippen molar-refractivity contribution >= 4 is 11.9 Å². The van der Waals surface area contributed by atoms with Crippen LogP contribution in [0.5, 0.6) is 0 Å². The fraction of sp³-hybridized carbons (Fsp3) is 0.526. The Bertz CT molecular complexity index is 567. The van der Waals surface area contributed by atoms with E-state index in [1.807, 2.05) is 6.08 Å². The highest BCUT2D eigenvalue weighted by atomic mass is 16.1. The van der Waals surface area contributed by atoms with Crippen molar-refractivity contribution < 1.29 is 4.79 Å². The molecular weight excluding hydrogens is 258 g/mol. The van der Waals surface area contributed by atoms with Gasteiger partial charge in [-0.25, -0.2) is 0 Å². The summed E-state index contributed by atoms with van der Waals surface area (Å²) in [5, 5.41) is 0. The van der Waals surface area contributed by atoms with Gasteiger partial charge >= 0.3 is 0 Å². The predicted molar refractivity (Wildman–Crippen MR) is 87.8 cm³/mol. The third-order valence-electron chi connectivity index (χ3n) is 4.82. The van der Waals surface area contributed by atoms with Crippen molar-refractivity contribution in [1.82, 2.24) is 4.90 Å². The molecule has 1 aromatic rings. The molecule has 112 valence electrons. The SMILES string of the molecule is CCCN(CCC)[C@H]1CCc2c(ccc3c2C(=O)C=C3)C1. The molecule has 2 nitrogen and oxygen atoms in total. The van der Waals surface area contributed by atoms with Crippen molar-refractivity contribution in [2.75, 3.05) is 13.1 Å². The van der Waals surface area contributed by atoms with Gasteiger partial charge in [-0.3, -0.25) is 4.79 Å². The van der Waals surface area contributed by atoms with Gasteiger partial charge < -0.3 is 4.90 Å². The molecule has 0 aromatic heterocycles. The minimum atomic E-state index is 0.208. The summed E-state index contributed by atoms with van der Waals surface area (Å²) >= 11 is 0. The quantitative estimate of drug-likeness (QED) is 0.817. The molecule has 0 spiro atoms. The first-order chi connectivity index (χ1) is 10.2. The normalized spacial score (nSPS) is 20.0. The van der Waals surface area contributed by atoms with Gasteiger partial charge in [-0.15, -0.1) is 0 Å². The lowest BCUT2D eigenvalue weighted by molar-refractivity contribution is 0.104. The number of benzene rings is 1. The average molecular weight is 283 g/mol. The largest absolute Gasteiger partial charge is 0.300 e. The molecule has 0 saturated carbocycles. The molecule has 0 heterocycles. The van der Waals surface area contributed by atoms with E-state index in [-0.39, 0.29) is 5.78 Å². The molecule has 0 amide bonds. The van der Waals surface area contributed by atoms with E-state index < -0.39 is 0 Å². The second-order valence-electron chi connectivity index (χ2n) is 6.30. The summed E-state index contributed by atoms with van der Waals surface area (Å²) in [5.41, 5.74) is 4.84. The Morgan fingerprint density at radius 1 is 1.14 bits per heavy atom. The molecule has 0 unspecified atom stereocenters. The second kappa shape index (κ2) is 6.15. The maximum Gasteiger partial charge on any atom is 0.186 e. The van der Waals surface area contributed by atoms with Crippen molar-refractivity contribution in [3.63, 3.8) is 0 Å². The minimum Gasteiger partial charge on any atom is -0.300 e. The number of ketones is 1. The van der Waals surface area contributed by atoms with E-state index in [0.717, 1.165) is 24.0 Å². The van der Waals surface area contributed by atoms with Crippen molar-refractivity contribution in [2.45, 2.75) is 52.0 Å². The zero-order chi connectivity index (χ0) is 14.8. The Kier molecular flexibility index (Phi) is 4.25. The topological polar surface area (TPSA) is 20.3 Å². The Balaban J connectivity index is 1.84. The molecule has 2 aliphatic carbocycles. The Morgan fingerprint density at radius 2 is 1.90 bits per heavy atom. The smallest absolute Gasteiger partial charge is 0.186 e. The van der Waals surface area contributed by atoms with Gasteiger partial charge in [0, 0.05) is 11.6 Å². The summed E-state index contributed by atoms with van der Waals surface area (Å²) in [6.07, 6.45) is 9.47. The molecule has 1 atom stereocenters. The zero-order valence-corrected chi connectivity index (χ0v) is 13.2. The van der Waals surface area contributed by atoms with Crippen LogP contribution in [0.15, 0.2) is 18.2 Å². The first-order valence-electron chi connectivity index (χ1n) is 8.35. The monoisotopic (exact) mass is 283 g/mol.